The molecular formula is C25H29Cl2NO5. The molecule has 3 rings (SSSR count). The quantitative estimate of drug-likeness (QED) is 0.414. The fourth-order valence-corrected chi connectivity index (χ4v) is 5.01. The zero-order valence-corrected chi connectivity index (χ0v) is 20.4. The summed E-state index contributed by atoms with van der Waals surface area (Å²) in [6.07, 6.45) is -0.281. The minimum absolute atomic E-state index is 0.0948. The van der Waals surface area contributed by atoms with E-state index in [1.807, 2.05) is 13.8 Å². The van der Waals surface area contributed by atoms with Crippen LogP contribution in [0.25, 0.3) is 0 Å². The Hall–Kier alpha value is -2.12. The highest BCUT2D eigenvalue weighted by Crippen LogP contribution is 2.52. The molecular weight excluding hydrogens is 465 g/mol. The van der Waals surface area contributed by atoms with Crippen LogP contribution in [0.1, 0.15) is 38.3 Å². The van der Waals surface area contributed by atoms with E-state index in [2.05, 4.69) is 5.32 Å². The molecule has 0 bridgehead atoms. The van der Waals surface area contributed by atoms with Gasteiger partial charge in [-0.1, -0.05) is 55.2 Å². The van der Waals surface area contributed by atoms with E-state index in [0.717, 1.165) is 5.56 Å². The van der Waals surface area contributed by atoms with Crippen LogP contribution in [0.3, 0.4) is 0 Å². The molecule has 4 unspecified atom stereocenters. The third kappa shape index (κ3) is 5.87. The van der Waals surface area contributed by atoms with Gasteiger partial charge in [0.25, 0.3) is 0 Å². The molecule has 0 heterocycles. The van der Waals surface area contributed by atoms with Gasteiger partial charge in [-0.15, -0.1) is 0 Å². The molecule has 1 aliphatic carbocycles. The predicted molar refractivity (Wildman–Crippen MR) is 128 cm³/mol. The standard InChI is InChI=1S/C25H29Cl2NO5/c1-14(29)18-12-19(25(18,2)3)23(30)28-22(24(31)32)11-15-7-9-16(10-8-15)33-13-17-20(26)5-4-6-21(17)27/h4-10,18-19,22-23,28,30H,11-13H2,1-3H3,(H,31,32). The van der Waals surface area contributed by atoms with Gasteiger partial charge in [-0.05, 0) is 55.0 Å². The van der Waals surface area contributed by atoms with E-state index in [0.29, 0.717) is 27.8 Å². The third-order valence-corrected chi connectivity index (χ3v) is 7.40. The maximum atomic E-state index is 11.8. The van der Waals surface area contributed by atoms with Gasteiger partial charge in [-0.3, -0.25) is 14.9 Å². The topological polar surface area (TPSA) is 95.9 Å². The Morgan fingerprint density at radius 2 is 1.76 bits per heavy atom. The number of halogens is 2. The second-order valence-corrected chi connectivity index (χ2v) is 9.98. The number of aliphatic carboxylic acids is 1. The highest BCUT2D eigenvalue weighted by Gasteiger charge is 2.53. The van der Waals surface area contributed by atoms with Crippen molar-refractivity contribution in [2.24, 2.45) is 17.3 Å². The molecule has 2 aromatic rings. The van der Waals surface area contributed by atoms with Crippen LogP contribution in [-0.4, -0.2) is 34.2 Å². The van der Waals surface area contributed by atoms with Crippen molar-refractivity contribution in [1.29, 1.82) is 0 Å². The van der Waals surface area contributed by atoms with Crippen LogP contribution in [-0.2, 0) is 22.6 Å². The first kappa shape index (κ1) is 25.5. The van der Waals surface area contributed by atoms with E-state index in [1.165, 1.54) is 0 Å². The van der Waals surface area contributed by atoms with Gasteiger partial charge in [0, 0.05) is 27.4 Å². The molecule has 0 saturated heterocycles. The fraction of sp³-hybridized carbons (Fsp3) is 0.440. The van der Waals surface area contributed by atoms with Crippen molar-refractivity contribution in [1.82, 2.24) is 5.32 Å². The Kier molecular flexibility index (Phi) is 8.06. The first-order valence-corrected chi connectivity index (χ1v) is 11.6. The molecule has 1 fully saturated rings. The first-order chi connectivity index (χ1) is 15.5. The minimum atomic E-state index is -1.05. The molecule has 0 aromatic heterocycles. The van der Waals surface area contributed by atoms with Crippen LogP contribution in [0.2, 0.25) is 10.0 Å². The predicted octanol–water partition coefficient (Wildman–Crippen LogP) is 4.73. The zero-order chi connectivity index (χ0) is 24.3. The van der Waals surface area contributed by atoms with Crippen molar-refractivity contribution in [2.75, 3.05) is 0 Å². The lowest BCUT2D eigenvalue weighted by atomic mass is 9.53. The van der Waals surface area contributed by atoms with E-state index >= 15 is 0 Å². The van der Waals surface area contributed by atoms with E-state index in [9.17, 15) is 19.8 Å². The molecule has 8 heteroatoms. The van der Waals surface area contributed by atoms with E-state index < -0.39 is 18.2 Å². The molecule has 0 radical (unpaired) electrons. The van der Waals surface area contributed by atoms with Crippen LogP contribution < -0.4 is 10.1 Å². The zero-order valence-electron chi connectivity index (χ0n) is 18.8. The summed E-state index contributed by atoms with van der Waals surface area (Å²) >= 11 is 12.3. The summed E-state index contributed by atoms with van der Waals surface area (Å²) in [5.74, 6) is -0.669. The number of aliphatic hydroxyl groups is 1. The van der Waals surface area contributed by atoms with Crippen molar-refractivity contribution >= 4 is 35.0 Å². The average molecular weight is 494 g/mol. The largest absolute Gasteiger partial charge is 0.489 e. The number of ether oxygens (including phenoxy) is 1. The lowest BCUT2D eigenvalue weighted by Crippen LogP contribution is -2.59. The maximum Gasteiger partial charge on any atom is 0.321 e. The highest BCUT2D eigenvalue weighted by atomic mass is 35.5. The van der Waals surface area contributed by atoms with Crippen LogP contribution >= 0.6 is 23.2 Å². The number of carboxylic acid groups (broad SMARTS) is 1. The van der Waals surface area contributed by atoms with Crippen molar-refractivity contribution < 1.29 is 24.5 Å². The van der Waals surface area contributed by atoms with Gasteiger partial charge in [-0.25, -0.2) is 0 Å². The first-order valence-electron chi connectivity index (χ1n) is 10.8. The molecule has 0 amide bonds. The molecule has 3 N–H and O–H groups in total. The Bertz CT molecular complexity index is 988. The van der Waals surface area contributed by atoms with E-state index in [4.69, 9.17) is 27.9 Å². The third-order valence-electron chi connectivity index (χ3n) is 6.69. The fourth-order valence-electron chi connectivity index (χ4n) is 4.51. The normalized spacial score (nSPS) is 21.0. The lowest BCUT2D eigenvalue weighted by Gasteiger charge is -2.53. The van der Waals surface area contributed by atoms with Gasteiger partial charge >= 0.3 is 5.97 Å². The molecule has 4 atom stereocenters. The van der Waals surface area contributed by atoms with Crippen LogP contribution in [0.15, 0.2) is 42.5 Å². The summed E-state index contributed by atoms with van der Waals surface area (Å²) in [6, 6.07) is 11.4. The Labute approximate surface area is 203 Å². The summed E-state index contributed by atoms with van der Waals surface area (Å²) in [5.41, 5.74) is 1.09. The number of hydrogen-bond donors (Lipinski definition) is 3. The molecule has 0 aliphatic heterocycles. The molecule has 178 valence electrons. The number of Topliss-reactive ketones (excluding diaryl/α,β-unsaturated/α-hetero) is 1. The Morgan fingerprint density at radius 3 is 2.27 bits per heavy atom. The van der Waals surface area contributed by atoms with Crippen molar-refractivity contribution in [3.63, 3.8) is 0 Å². The van der Waals surface area contributed by atoms with Crippen LogP contribution in [0, 0.1) is 17.3 Å². The maximum absolute atomic E-state index is 11.8. The number of benzene rings is 2. The molecule has 6 nitrogen and oxygen atoms in total. The smallest absolute Gasteiger partial charge is 0.321 e. The molecule has 33 heavy (non-hydrogen) atoms. The van der Waals surface area contributed by atoms with Gasteiger partial charge in [0.05, 0.1) is 0 Å². The molecule has 2 aromatic carbocycles. The summed E-state index contributed by atoms with van der Waals surface area (Å²) < 4.78 is 5.76. The minimum Gasteiger partial charge on any atom is -0.489 e. The number of carbonyl (C=O) groups excluding carboxylic acids is 1. The summed E-state index contributed by atoms with van der Waals surface area (Å²) in [6.45, 7) is 5.63. The molecule has 1 aliphatic rings. The monoisotopic (exact) mass is 493 g/mol. The Balaban J connectivity index is 1.59. The van der Waals surface area contributed by atoms with Crippen LogP contribution in [0.5, 0.6) is 5.75 Å². The van der Waals surface area contributed by atoms with Gasteiger partial charge in [0.15, 0.2) is 0 Å². The van der Waals surface area contributed by atoms with Gasteiger partial charge in [0.1, 0.15) is 30.4 Å². The van der Waals surface area contributed by atoms with E-state index in [-0.39, 0.29) is 36.1 Å². The van der Waals surface area contributed by atoms with Gasteiger partial charge in [0.2, 0.25) is 0 Å². The summed E-state index contributed by atoms with van der Waals surface area (Å²) in [5, 5.41) is 24.2. The number of carboxylic acids is 1. The number of nitrogens with one attached hydrogen (secondary N) is 1. The average Bonchev–Trinajstić information content (AvgIpc) is 2.73. The van der Waals surface area contributed by atoms with Crippen LogP contribution in [0.4, 0.5) is 0 Å². The lowest BCUT2D eigenvalue weighted by molar-refractivity contribution is -0.153. The van der Waals surface area contributed by atoms with E-state index in [1.54, 1.807) is 49.4 Å². The number of aliphatic hydroxyl groups excluding tert-OH is 1. The van der Waals surface area contributed by atoms with Crippen molar-refractivity contribution in [3.05, 3.63) is 63.6 Å². The number of ketones is 1. The number of rotatable bonds is 10. The van der Waals surface area contributed by atoms with Crippen molar-refractivity contribution in [2.45, 2.75) is 52.5 Å². The molecule has 1 saturated carbocycles. The molecule has 0 spiro atoms. The second-order valence-electron chi connectivity index (χ2n) is 9.17. The van der Waals surface area contributed by atoms with Gasteiger partial charge in [-0.2, -0.15) is 0 Å². The summed E-state index contributed by atoms with van der Waals surface area (Å²) in [7, 11) is 0. The summed E-state index contributed by atoms with van der Waals surface area (Å²) in [4.78, 5) is 23.6. The number of carbonyl (C=O) groups is 2. The Morgan fingerprint density at radius 1 is 1.15 bits per heavy atom. The highest BCUT2D eigenvalue weighted by molar-refractivity contribution is 6.35. The second kappa shape index (κ2) is 10.4. The van der Waals surface area contributed by atoms with Gasteiger partial charge < -0.3 is 14.9 Å². The number of hydrogen-bond acceptors (Lipinski definition) is 5. The SMILES string of the molecule is CC(=O)C1CC(C(O)NC(Cc2ccc(OCc3c(Cl)cccc3Cl)cc2)C(=O)O)C1(C)C. The van der Waals surface area contributed by atoms with Crippen molar-refractivity contribution in [3.8, 4) is 5.75 Å².